The molecule has 12 heteroatoms. The van der Waals surface area contributed by atoms with Crippen molar-refractivity contribution in [2.75, 3.05) is 30.5 Å². The molecule has 0 radical (unpaired) electrons. The lowest BCUT2D eigenvalue weighted by molar-refractivity contribution is -0.128. The predicted octanol–water partition coefficient (Wildman–Crippen LogP) is 5.84. The van der Waals surface area contributed by atoms with E-state index in [0.29, 0.717) is 33.3 Å². The lowest BCUT2D eigenvalue weighted by atomic mass is 10.0. The summed E-state index contributed by atoms with van der Waals surface area (Å²) >= 11 is 10.00. The second kappa shape index (κ2) is 14.3. The molecule has 0 saturated carbocycles. The van der Waals surface area contributed by atoms with Gasteiger partial charge in [-0.05, 0) is 85.4 Å². The van der Waals surface area contributed by atoms with Crippen LogP contribution in [-0.2, 0) is 16.1 Å². The molecule has 232 valence electrons. The van der Waals surface area contributed by atoms with Gasteiger partial charge in [-0.2, -0.15) is 5.26 Å². The second-order valence-corrected chi connectivity index (χ2v) is 11.7. The van der Waals surface area contributed by atoms with Crippen LogP contribution in [0.3, 0.4) is 0 Å². The zero-order valence-electron chi connectivity index (χ0n) is 24.6. The Balaban J connectivity index is 0.00000461. The van der Waals surface area contributed by atoms with Crippen molar-refractivity contribution in [2.45, 2.75) is 25.6 Å². The van der Waals surface area contributed by atoms with Crippen LogP contribution in [0.25, 0.3) is 10.8 Å². The number of rotatable bonds is 7. The van der Waals surface area contributed by atoms with Crippen LogP contribution in [0, 0.1) is 11.3 Å². The van der Waals surface area contributed by atoms with Crippen LogP contribution in [0.15, 0.2) is 77.3 Å². The molecule has 0 aromatic heterocycles. The molecule has 0 aliphatic carbocycles. The van der Waals surface area contributed by atoms with Crippen LogP contribution < -0.4 is 25.2 Å². The SMILES string of the molecule is CN[C@@H](C)C(=O)N[C@H]1CN(C(=O)c2ccc(C#N)cc2)c2cc(Cl)ccc2N(Cc2c(OC)ccc3cc(Br)ccc23)C1=O.Cl. The van der Waals surface area contributed by atoms with Gasteiger partial charge in [0.2, 0.25) is 5.91 Å². The molecule has 2 atom stereocenters. The minimum absolute atomic E-state index is 0. The maximum atomic E-state index is 14.5. The molecule has 0 spiro atoms. The van der Waals surface area contributed by atoms with Gasteiger partial charge in [0.1, 0.15) is 11.8 Å². The summed E-state index contributed by atoms with van der Waals surface area (Å²) < 4.78 is 6.64. The summed E-state index contributed by atoms with van der Waals surface area (Å²) in [6.07, 6.45) is 0. The van der Waals surface area contributed by atoms with E-state index in [0.717, 1.165) is 20.8 Å². The van der Waals surface area contributed by atoms with Gasteiger partial charge in [0, 0.05) is 20.6 Å². The van der Waals surface area contributed by atoms with Crippen LogP contribution in [0.2, 0.25) is 5.02 Å². The van der Waals surface area contributed by atoms with Gasteiger partial charge in [-0.15, -0.1) is 12.4 Å². The summed E-state index contributed by atoms with van der Waals surface area (Å²) in [6, 6.07) is 21.2. The van der Waals surface area contributed by atoms with Crippen molar-refractivity contribution in [2.24, 2.45) is 0 Å². The van der Waals surface area contributed by atoms with E-state index in [-0.39, 0.29) is 25.5 Å². The molecule has 4 aromatic carbocycles. The van der Waals surface area contributed by atoms with E-state index < -0.39 is 29.8 Å². The Bertz CT molecular complexity index is 1810. The maximum absolute atomic E-state index is 14.5. The number of carbonyl (C=O) groups excluding carboxylic acids is 3. The number of nitrogens with one attached hydrogen (secondary N) is 2. The number of likely N-dealkylation sites (N-methyl/N-ethyl adjacent to an activating group) is 1. The number of carbonyl (C=O) groups is 3. The van der Waals surface area contributed by atoms with Crippen LogP contribution in [-0.4, -0.2) is 50.5 Å². The van der Waals surface area contributed by atoms with Gasteiger partial charge in [-0.3, -0.25) is 14.4 Å². The number of benzene rings is 4. The van der Waals surface area contributed by atoms with Crippen molar-refractivity contribution in [1.82, 2.24) is 10.6 Å². The Labute approximate surface area is 280 Å². The molecule has 4 aromatic rings. The summed E-state index contributed by atoms with van der Waals surface area (Å²) in [7, 11) is 3.22. The monoisotopic (exact) mass is 709 g/mol. The third kappa shape index (κ3) is 6.92. The van der Waals surface area contributed by atoms with Crippen LogP contribution in [0.1, 0.15) is 28.4 Å². The molecule has 45 heavy (non-hydrogen) atoms. The topological polar surface area (TPSA) is 115 Å². The van der Waals surface area contributed by atoms with E-state index in [4.69, 9.17) is 16.3 Å². The van der Waals surface area contributed by atoms with Gasteiger partial charge in [-0.25, -0.2) is 0 Å². The number of halogens is 3. The largest absolute Gasteiger partial charge is 0.496 e. The molecular weight excluding hydrogens is 681 g/mol. The minimum Gasteiger partial charge on any atom is -0.496 e. The van der Waals surface area contributed by atoms with E-state index in [1.165, 1.54) is 4.90 Å². The highest BCUT2D eigenvalue weighted by molar-refractivity contribution is 9.10. The number of amides is 3. The average molecular weight is 711 g/mol. The Morgan fingerprint density at radius 3 is 2.49 bits per heavy atom. The highest BCUT2D eigenvalue weighted by Gasteiger charge is 2.38. The zero-order chi connectivity index (χ0) is 31.5. The number of hydrogen-bond donors (Lipinski definition) is 2. The summed E-state index contributed by atoms with van der Waals surface area (Å²) in [5.41, 5.74) is 2.32. The first-order chi connectivity index (χ1) is 21.1. The average Bonchev–Trinajstić information content (AvgIpc) is 3.14. The first kappa shape index (κ1) is 33.7. The smallest absolute Gasteiger partial charge is 0.258 e. The van der Waals surface area contributed by atoms with Gasteiger partial charge in [0.15, 0.2) is 0 Å². The van der Waals surface area contributed by atoms with Crippen LogP contribution in [0.5, 0.6) is 5.75 Å². The summed E-state index contributed by atoms with van der Waals surface area (Å²) in [6.45, 7) is 1.62. The van der Waals surface area contributed by atoms with Crippen molar-refractivity contribution in [1.29, 1.82) is 5.26 Å². The molecule has 1 aliphatic heterocycles. The molecule has 9 nitrogen and oxygen atoms in total. The molecule has 1 aliphatic rings. The number of anilines is 2. The van der Waals surface area contributed by atoms with Gasteiger partial charge >= 0.3 is 0 Å². The zero-order valence-corrected chi connectivity index (χ0v) is 27.8. The highest BCUT2D eigenvalue weighted by Crippen LogP contribution is 2.39. The fourth-order valence-corrected chi connectivity index (χ4v) is 5.74. The molecule has 0 saturated heterocycles. The Kier molecular flexibility index (Phi) is 10.7. The fraction of sp³-hybridized carbons (Fsp3) is 0.212. The van der Waals surface area contributed by atoms with Gasteiger partial charge in [0.05, 0.1) is 49.2 Å². The third-order valence-electron chi connectivity index (χ3n) is 7.68. The van der Waals surface area contributed by atoms with E-state index in [2.05, 4.69) is 32.6 Å². The molecule has 3 amide bonds. The molecule has 5 rings (SSSR count). The standard InChI is InChI=1S/C33H29BrClN5O4.ClH/c1-19(37-2)31(41)38-27-18-40(32(42)21-6-4-20(16-36)5-7-21)29-15-24(35)10-12-28(29)39(33(27)43)17-26-25-11-9-23(34)14-22(25)8-13-30(26)44-3;/h4-15,19,27,37H,17-18H2,1-3H3,(H,38,41);1H/t19-,27-;/m0./s1. The Morgan fingerprint density at radius 2 is 1.82 bits per heavy atom. The van der Waals surface area contributed by atoms with Crippen LogP contribution >= 0.6 is 39.9 Å². The fourth-order valence-electron chi connectivity index (χ4n) is 5.20. The van der Waals surface area contributed by atoms with Crippen LogP contribution in [0.4, 0.5) is 11.4 Å². The van der Waals surface area contributed by atoms with Crippen molar-refractivity contribution in [3.8, 4) is 11.8 Å². The molecular formula is C33H30BrCl2N5O4. The summed E-state index contributed by atoms with van der Waals surface area (Å²) in [5.74, 6) is -0.631. The summed E-state index contributed by atoms with van der Waals surface area (Å²) in [4.78, 5) is 44.6. The number of methoxy groups -OCH3 is 1. The molecule has 1 heterocycles. The van der Waals surface area contributed by atoms with Gasteiger partial charge in [-0.1, -0.05) is 39.7 Å². The number of nitrogens with zero attached hydrogens (tertiary/aromatic N) is 3. The number of nitriles is 1. The van der Waals surface area contributed by atoms with Gasteiger partial charge in [0.25, 0.3) is 11.8 Å². The molecule has 0 unspecified atom stereocenters. The van der Waals surface area contributed by atoms with Crippen molar-refractivity contribution in [3.63, 3.8) is 0 Å². The summed E-state index contributed by atoms with van der Waals surface area (Å²) in [5, 5.41) is 17.2. The van der Waals surface area contributed by atoms with E-state index >= 15 is 0 Å². The lowest BCUT2D eigenvalue weighted by Crippen LogP contribution is -2.55. The number of ether oxygens (including phenoxy) is 1. The maximum Gasteiger partial charge on any atom is 0.258 e. The first-order valence-corrected chi connectivity index (χ1v) is 15.0. The van der Waals surface area contributed by atoms with Gasteiger partial charge < -0.3 is 25.2 Å². The molecule has 0 fully saturated rings. The first-order valence-electron chi connectivity index (χ1n) is 13.8. The molecule has 2 N–H and O–H groups in total. The Hall–Kier alpha value is -4.14. The van der Waals surface area contributed by atoms with E-state index in [1.54, 1.807) is 68.4 Å². The highest BCUT2D eigenvalue weighted by atomic mass is 79.9. The predicted molar refractivity (Wildman–Crippen MR) is 181 cm³/mol. The van der Waals surface area contributed by atoms with Crippen molar-refractivity contribution >= 4 is 79.8 Å². The Morgan fingerprint density at radius 1 is 1.09 bits per heavy atom. The van der Waals surface area contributed by atoms with Crippen molar-refractivity contribution < 1.29 is 19.1 Å². The molecule has 0 bridgehead atoms. The van der Waals surface area contributed by atoms with Crippen molar-refractivity contribution in [3.05, 3.63) is 99.0 Å². The quantitative estimate of drug-likeness (QED) is 0.249. The second-order valence-electron chi connectivity index (χ2n) is 10.3. The number of fused-ring (bicyclic) bond motifs is 2. The van der Waals surface area contributed by atoms with E-state index in [1.807, 2.05) is 30.3 Å². The lowest BCUT2D eigenvalue weighted by Gasteiger charge is -2.27. The number of hydrogen-bond acceptors (Lipinski definition) is 6. The third-order valence-corrected chi connectivity index (χ3v) is 8.41. The van der Waals surface area contributed by atoms with E-state index in [9.17, 15) is 19.6 Å². The normalized spacial score (nSPS) is 14.9. The minimum atomic E-state index is -1.10.